The molecule has 3 heteroatoms. The molecule has 0 aromatic rings. The fourth-order valence-electron chi connectivity index (χ4n) is 1.28. The molecule has 0 saturated carbocycles. The first-order valence-corrected chi connectivity index (χ1v) is 4.14. The van der Waals surface area contributed by atoms with Gasteiger partial charge in [0.05, 0.1) is 0 Å². The molecule has 0 spiro atoms. The Hall–Kier alpha value is -0.0626. The summed E-state index contributed by atoms with van der Waals surface area (Å²) in [7, 11) is 0. The normalized spacial score (nSPS) is 14.2. The van der Waals surface area contributed by atoms with E-state index in [1.54, 1.807) is 0 Å². The van der Waals surface area contributed by atoms with Crippen molar-refractivity contribution in [3.63, 3.8) is 0 Å². The van der Waals surface area contributed by atoms with Gasteiger partial charge < -0.3 is 11.0 Å². The van der Waals surface area contributed by atoms with Crippen molar-refractivity contribution < 1.29 is 29.9 Å². The van der Waals surface area contributed by atoms with Crippen LogP contribution in [0, 0.1) is 5.41 Å². The summed E-state index contributed by atoms with van der Waals surface area (Å²) in [5, 5.41) is 0. The van der Waals surface area contributed by atoms with Crippen molar-refractivity contribution >= 4 is 12.6 Å². The van der Waals surface area contributed by atoms with Crippen molar-refractivity contribution in [2.75, 3.05) is 0 Å². The third-order valence-electron chi connectivity index (χ3n) is 2.19. The summed E-state index contributed by atoms with van der Waals surface area (Å²) in [6.07, 6.45) is 4.70. The van der Waals surface area contributed by atoms with E-state index in [1.165, 1.54) is 0 Å². The van der Waals surface area contributed by atoms with Crippen molar-refractivity contribution in [1.29, 1.82) is 0 Å². The molecule has 0 heterocycles. The minimum Gasteiger partial charge on any atom is -1.00 e. The van der Waals surface area contributed by atoms with Gasteiger partial charge in [0.15, 0.2) is 0 Å². The Labute approximate surface area is 87.8 Å². The van der Waals surface area contributed by atoms with Crippen LogP contribution >= 0.6 is 0 Å². The van der Waals surface area contributed by atoms with Crippen LogP contribution in [0.1, 0.15) is 41.0 Å². The monoisotopic (exact) mass is 164 g/mol. The molecule has 0 aliphatic rings. The Kier molecular flexibility index (Phi) is 9.13. The number of carbonyl (C=O) groups is 2. The summed E-state index contributed by atoms with van der Waals surface area (Å²) in [6, 6.07) is 0. The molecule has 0 N–H and O–H groups in total. The van der Waals surface area contributed by atoms with Crippen LogP contribution in [-0.4, -0.2) is 12.6 Å². The molecule has 66 valence electrons. The van der Waals surface area contributed by atoms with Gasteiger partial charge in [0, 0.05) is 11.8 Å². The van der Waals surface area contributed by atoms with Crippen LogP contribution in [0.4, 0.5) is 0 Å². The molecule has 0 aliphatic carbocycles. The Balaban J connectivity index is -0.000000500. The van der Waals surface area contributed by atoms with E-state index in [0.29, 0.717) is 6.42 Å². The predicted molar refractivity (Wildman–Crippen MR) is 45.5 cm³/mol. The zero-order chi connectivity index (χ0) is 8.74. The molecule has 0 rings (SSSR count). The fraction of sp³-hybridized carbons (Fsp3) is 0.778. The maximum absolute atomic E-state index is 10.7. The molecule has 0 amide bonds. The quantitative estimate of drug-likeness (QED) is 0.376. The van der Waals surface area contributed by atoms with E-state index in [9.17, 15) is 9.59 Å². The van der Waals surface area contributed by atoms with Crippen LogP contribution in [0.25, 0.3) is 0 Å². The maximum Gasteiger partial charge on any atom is 1.00 e. The zero-order valence-electron chi connectivity index (χ0n) is 9.30. The molecule has 0 aromatic carbocycles. The molecule has 0 aliphatic heterocycles. The summed E-state index contributed by atoms with van der Waals surface area (Å²) in [5.41, 5.74) is -0.365. The van der Waals surface area contributed by atoms with Gasteiger partial charge in [-0.25, -0.2) is 0 Å². The van der Waals surface area contributed by atoms with E-state index in [1.807, 2.05) is 13.8 Å². The number of carbonyl (C=O) groups excluding carboxylic acids is 2. The van der Waals surface area contributed by atoms with Crippen LogP contribution in [0.2, 0.25) is 0 Å². The zero-order valence-corrected chi connectivity index (χ0v) is 8.30. The van der Waals surface area contributed by atoms with E-state index in [0.717, 1.165) is 31.8 Å². The van der Waals surface area contributed by atoms with E-state index in [4.69, 9.17) is 0 Å². The number of hydrogen-bond acceptors (Lipinski definition) is 2. The minimum atomic E-state index is -0.365. The van der Waals surface area contributed by atoms with Crippen molar-refractivity contribution in [1.82, 2.24) is 0 Å². The fourth-order valence-corrected chi connectivity index (χ4v) is 1.28. The molecular formula is C9H17LiO2. The summed E-state index contributed by atoms with van der Waals surface area (Å²) < 4.78 is 0. The van der Waals surface area contributed by atoms with Gasteiger partial charge in [-0.2, -0.15) is 0 Å². The number of rotatable bonds is 6. The van der Waals surface area contributed by atoms with E-state index >= 15 is 0 Å². The number of hydrogen-bond donors (Lipinski definition) is 0. The SMILES string of the molecule is CCCC(C=O)(CC)CC=O.[H-].[Li+]. The Morgan fingerprint density at radius 3 is 2.17 bits per heavy atom. The van der Waals surface area contributed by atoms with Crippen LogP contribution in [0.15, 0.2) is 0 Å². The first-order valence-electron chi connectivity index (χ1n) is 4.14. The van der Waals surface area contributed by atoms with E-state index in [-0.39, 0.29) is 25.7 Å². The van der Waals surface area contributed by atoms with Gasteiger partial charge in [-0.15, -0.1) is 0 Å². The van der Waals surface area contributed by atoms with Gasteiger partial charge in [-0.1, -0.05) is 20.3 Å². The molecule has 0 aromatic heterocycles. The van der Waals surface area contributed by atoms with Gasteiger partial charge in [-0.3, -0.25) is 0 Å². The second kappa shape index (κ2) is 7.58. The maximum atomic E-state index is 10.7. The van der Waals surface area contributed by atoms with Crippen LogP contribution in [0.5, 0.6) is 0 Å². The third kappa shape index (κ3) is 4.09. The molecule has 0 saturated heterocycles. The third-order valence-corrected chi connectivity index (χ3v) is 2.19. The average Bonchev–Trinajstić information content (AvgIpc) is 2.04. The molecule has 1 atom stereocenters. The summed E-state index contributed by atoms with van der Waals surface area (Å²) >= 11 is 0. The molecule has 0 radical (unpaired) electrons. The first-order chi connectivity index (χ1) is 5.24. The molecule has 2 nitrogen and oxygen atoms in total. The summed E-state index contributed by atoms with van der Waals surface area (Å²) in [6.45, 7) is 3.98. The van der Waals surface area contributed by atoms with E-state index < -0.39 is 0 Å². The van der Waals surface area contributed by atoms with Crippen LogP contribution in [0.3, 0.4) is 0 Å². The van der Waals surface area contributed by atoms with Crippen molar-refractivity contribution in [3.05, 3.63) is 0 Å². The average molecular weight is 164 g/mol. The molecule has 0 bridgehead atoms. The molecule has 1 unspecified atom stereocenters. The van der Waals surface area contributed by atoms with Crippen molar-refractivity contribution in [3.8, 4) is 0 Å². The van der Waals surface area contributed by atoms with Gasteiger partial charge in [0.25, 0.3) is 0 Å². The van der Waals surface area contributed by atoms with Gasteiger partial charge >= 0.3 is 18.9 Å². The Morgan fingerprint density at radius 2 is 1.92 bits per heavy atom. The molecular weight excluding hydrogens is 147 g/mol. The van der Waals surface area contributed by atoms with Gasteiger partial charge in [0.1, 0.15) is 12.6 Å². The second-order valence-electron chi connectivity index (χ2n) is 2.95. The van der Waals surface area contributed by atoms with Gasteiger partial charge in [0.2, 0.25) is 0 Å². The van der Waals surface area contributed by atoms with Crippen molar-refractivity contribution in [2.45, 2.75) is 39.5 Å². The topological polar surface area (TPSA) is 34.1 Å². The van der Waals surface area contributed by atoms with Crippen LogP contribution in [-0.2, 0) is 9.59 Å². The summed E-state index contributed by atoms with van der Waals surface area (Å²) in [4.78, 5) is 20.9. The second-order valence-corrected chi connectivity index (χ2v) is 2.95. The molecule has 0 fully saturated rings. The summed E-state index contributed by atoms with van der Waals surface area (Å²) in [5.74, 6) is 0. The Bertz CT molecular complexity index is 142. The smallest absolute Gasteiger partial charge is 1.00 e. The standard InChI is InChI=1S/C9H16O2.Li.H/c1-3-5-9(4-2,8-11)6-7-10;;/h7-8H,3-6H2,1-2H3;;/q;+1;-1. The predicted octanol–water partition coefficient (Wildman–Crippen LogP) is -0.913. The van der Waals surface area contributed by atoms with Crippen LogP contribution < -0.4 is 18.9 Å². The van der Waals surface area contributed by atoms with Crippen molar-refractivity contribution in [2.24, 2.45) is 5.41 Å². The van der Waals surface area contributed by atoms with E-state index in [2.05, 4.69) is 0 Å². The minimum absolute atomic E-state index is 0. The molecule has 12 heavy (non-hydrogen) atoms. The number of aldehydes is 2. The van der Waals surface area contributed by atoms with Gasteiger partial charge in [-0.05, 0) is 12.8 Å². The Morgan fingerprint density at radius 1 is 1.33 bits per heavy atom. The largest absolute Gasteiger partial charge is 1.00 e. The first kappa shape index (κ1) is 14.5.